The van der Waals surface area contributed by atoms with Gasteiger partial charge in [-0.1, -0.05) is 114 Å². The summed E-state index contributed by atoms with van der Waals surface area (Å²) >= 11 is 1.28. The smallest absolute Gasteiger partial charge is 0.206 e. The molecule has 0 bridgehead atoms. The van der Waals surface area contributed by atoms with Crippen LogP contribution in [0, 0.1) is 40.3 Å². The zero-order chi connectivity index (χ0) is 47.6. The molecule has 9 heteroatoms. The van der Waals surface area contributed by atoms with E-state index in [1.165, 1.54) is 49.7 Å². The Morgan fingerprint density at radius 3 is 2.22 bits per heavy atom. The molecule has 3 atom stereocenters. The van der Waals surface area contributed by atoms with Crippen LogP contribution in [-0.2, 0) is 14.3 Å². The molecule has 1 aliphatic carbocycles. The van der Waals surface area contributed by atoms with Crippen LogP contribution < -0.4 is 0 Å². The minimum Gasteiger partial charge on any atom is -0.477 e. The minimum absolute atomic E-state index is 0.00418. The molecule has 3 unspecified atom stereocenters. The first-order valence-electron chi connectivity index (χ1n) is 23.6. The maximum Gasteiger partial charge on any atom is 0.206 e. The summed E-state index contributed by atoms with van der Waals surface area (Å²) in [5.41, 5.74) is 3.68. The highest BCUT2D eigenvalue weighted by Crippen LogP contribution is 2.46. The first kappa shape index (κ1) is 55.3. The maximum atomic E-state index is 18.0. The van der Waals surface area contributed by atoms with E-state index in [0.29, 0.717) is 69.7 Å². The number of carbonyl (C=O) groups excluding carboxylic acids is 1. The third-order valence-electron chi connectivity index (χ3n) is 12.3. The predicted octanol–water partition coefficient (Wildman–Crippen LogP) is 15.9. The lowest BCUT2D eigenvalue weighted by Gasteiger charge is -2.38. The lowest BCUT2D eigenvalue weighted by atomic mass is 9.77. The number of fused-ring (bicyclic) bond motifs is 1. The summed E-state index contributed by atoms with van der Waals surface area (Å²) in [6.07, 6.45) is 13.6. The number of unbranched alkanes of at least 4 members (excludes halogenated alkanes) is 3. The second-order valence-electron chi connectivity index (χ2n) is 18.7. The predicted molar refractivity (Wildman–Crippen MR) is 265 cm³/mol. The Morgan fingerprint density at radius 1 is 1.05 bits per heavy atom. The van der Waals surface area contributed by atoms with Gasteiger partial charge in [-0.3, -0.25) is 4.79 Å². The molecule has 63 heavy (non-hydrogen) atoms. The van der Waals surface area contributed by atoms with Crippen LogP contribution in [-0.4, -0.2) is 49.3 Å². The fourth-order valence-corrected chi connectivity index (χ4v) is 9.86. The number of halogens is 2. The van der Waals surface area contributed by atoms with Gasteiger partial charge in [0.15, 0.2) is 11.6 Å². The van der Waals surface area contributed by atoms with Crippen molar-refractivity contribution >= 4 is 38.5 Å². The van der Waals surface area contributed by atoms with Crippen LogP contribution in [0.1, 0.15) is 176 Å². The van der Waals surface area contributed by atoms with Gasteiger partial charge in [0.05, 0.1) is 16.9 Å². The van der Waals surface area contributed by atoms with E-state index in [0.717, 1.165) is 61.2 Å². The van der Waals surface area contributed by atoms with Crippen LogP contribution in [0.3, 0.4) is 0 Å². The topological polar surface area (TPSA) is 74.9 Å². The van der Waals surface area contributed by atoms with Crippen molar-refractivity contribution in [3.05, 3.63) is 87.8 Å². The number of carbonyl (C=O) groups is 1. The molecule has 1 aliphatic rings. The van der Waals surface area contributed by atoms with E-state index in [4.69, 9.17) is 14.5 Å². The normalized spacial score (nSPS) is 16.4. The SMILES string of the molecule is C=C(/N=C1/C(F)=C(c2ccc(F)c3sc(C(C)C)c(C#N)c23)C(CC)=C/C1=C(/C)N(CC)C(CCC(C)C)C(C)C)OCC(C)(CCCCCC)CC(CC)COC.C=CC(C)=O. The minimum atomic E-state index is -0.514. The Kier molecular flexibility index (Phi) is 23.5. The number of benzene rings is 1. The molecule has 3 rings (SSSR count). The number of allylic oxidation sites excluding steroid dienone is 7. The molecule has 0 saturated heterocycles. The number of nitrogens with zero attached hydrogens (tertiary/aromatic N) is 3. The number of hydrogen-bond donors (Lipinski definition) is 0. The highest BCUT2D eigenvalue weighted by atomic mass is 32.1. The summed E-state index contributed by atoms with van der Waals surface area (Å²) < 4.78 is 46.0. The van der Waals surface area contributed by atoms with Crippen LogP contribution in [0.25, 0.3) is 15.7 Å². The van der Waals surface area contributed by atoms with Crippen molar-refractivity contribution in [1.29, 1.82) is 5.26 Å². The monoisotopic (exact) mass is 890 g/mol. The van der Waals surface area contributed by atoms with E-state index in [2.05, 4.69) is 92.5 Å². The van der Waals surface area contributed by atoms with Gasteiger partial charge in [0, 0.05) is 58.8 Å². The zero-order valence-corrected chi connectivity index (χ0v) is 42.3. The van der Waals surface area contributed by atoms with Crippen molar-refractivity contribution in [3.8, 4) is 6.07 Å². The number of hydrogen-bond acceptors (Lipinski definition) is 7. The van der Waals surface area contributed by atoms with Crippen molar-refractivity contribution in [3.63, 3.8) is 0 Å². The van der Waals surface area contributed by atoms with Gasteiger partial charge in [0.1, 0.15) is 17.6 Å². The molecule has 0 spiro atoms. The fourth-order valence-electron chi connectivity index (χ4n) is 8.67. The maximum absolute atomic E-state index is 18.0. The van der Waals surface area contributed by atoms with Gasteiger partial charge < -0.3 is 14.4 Å². The molecule has 0 amide bonds. The van der Waals surface area contributed by atoms with Crippen molar-refractivity contribution in [2.45, 2.75) is 166 Å². The molecule has 1 heterocycles. The quantitative estimate of drug-likeness (QED) is 0.0564. The highest BCUT2D eigenvalue weighted by Gasteiger charge is 2.34. The van der Waals surface area contributed by atoms with Crippen molar-refractivity contribution in [2.75, 3.05) is 26.9 Å². The molecule has 1 aromatic carbocycles. The van der Waals surface area contributed by atoms with E-state index in [1.54, 1.807) is 13.2 Å². The van der Waals surface area contributed by atoms with Gasteiger partial charge in [-0.25, -0.2) is 13.8 Å². The third kappa shape index (κ3) is 15.4. The third-order valence-corrected chi connectivity index (χ3v) is 13.8. The van der Waals surface area contributed by atoms with Crippen LogP contribution >= 0.6 is 11.3 Å². The van der Waals surface area contributed by atoms with Gasteiger partial charge in [-0.05, 0) is 112 Å². The lowest BCUT2D eigenvalue weighted by Crippen LogP contribution is -2.39. The fraction of sp³-hybridized carbons (Fsp3) is 0.611. The van der Waals surface area contributed by atoms with Gasteiger partial charge in [-0.15, -0.1) is 11.3 Å². The second kappa shape index (κ2) is 26.8. The van der Waals surface area contributed by atoms with Crippen LogP contribution in [0.5, 0.6) is 0 Å². The summed E-state index contributed by atoms with van der Waals surface area (Å²) in [6, 6.07) is 5.63. The van der Waals surface area contributed by atoms with Gasteiger partial charge >= 0.3 is 0 Å². The number of ketones is 1. The number of methoxy groups -OCH3 is 1. The molecule has 0 aliphatic heterocycles. The summed E-state index contributed by atoms with van der Waals surface area (Å²) in [7, 11) is 1.76. The van der Waals surface area contributed by atoms with E-state index < -0.39 is 11.6 Å². The molecule has 0 N–H and O–H groups in total. The Labute approximate surface area is 385 Å². The first-order chi connectivity index (χ1) is 29.8. The molecule has 6 nitrogen and oxygen atoms in total. The number of aliphatic imine (C=N–C) groups is 1. The average molecular weight is 890 g/mol. The number of rotatable bonds is 25. The van der Waals surface area contributed by atoms with Crippen molar-refractivity contribution in [1.82, 2.24) is 4.90 Å². The summed E-state index contributed by atoms with van der Waals surface area (Å²) in [5.74, 6) is 0.581. The molecule has 350 valence electrons. The molecular formula is C54H81F2N3O3S. The Hall–Kier alpha value is -3.87. The van der Waals surface area contributed by atoms with Gasteiger partial charge in [0.2, 0.25) is 5.88 Å². The standard InChI is InChI=1S/C50H75F2N3O2S.C4H6O/c1-15-19-20-21-26-50(13,28-37(16-2)30-56-14)31-57-36(12)54-47-40(35(11)55(18-4)43(33(7)8)25-22-32(5)6)27-38(17-3)44(46(47)52)39-23-24-42(51)49-45(39)41(29-53)48(58-49)34(9)10;1-3-4(2)5/h23-24,27,32-34,37,43H,12,15-22,25-26,28,30-31H2,1-11,13-14H3;3H,1H2,2H3/b40-35+,54-47+;. The zero-order valence-electron chi connectivity index (χ0n) is 41.5. The molecule has 0 saturated carbocycles. The van der Waals surface area contributed by atoms with Gasteiger partial charge in [-0.2, -0.15) is 5.26 Å². The number of ether oxygens (including phenoxy) is 2. The second-order valence-corrected chi connectivity index (χ2v) is 19.8. The number of nitriles is 1. The molecule has 1 aromatic heterocycles. The van der Waals surface area contributed by atoms with Crippen molar-refractivity contribution in [2.24, 2.45) is 28.2 Å². The van der Waals surface area contributed by atoms with Gasteiger partial charge in [0.25, 0.3) is 0 Å². The van der Waals surface area contributed by atoms with Crippen LogP contribution in [0.2, 0.25) is 0 Å². The largest absolute Gasteiger partial charge is 0.477 e. The molecule has 0 radical (unpaired) electrons. The van der Waals surface area contributed by atoms with Crippen LogP contribution in [0.4, 0.5) is 8.78 Å². The Bertz CT molecular complexity index is 2010. The van der Waals surface area contributed by atoms with E-state index in [1.807, 2.05) is 20.8 Å². The average Bonchev–Trinajstić information content (AvgIpc) is 3.65. The van der Waals surface area contributed by atoms with E-state index in [-0.39, 0.29) is 34.8 Å². The highest BCUT2D eigenvalue weighted by molar-refractivity contribution is 7.19. The summed E-state index contributed by atoms with van der Waals surface area (Å²) in [5, 5.41) is 10.9. The van der Waals surface area contributed by atoms with E-state index in [9.17, 15) is 10.1 Å². The summed E-state index contributed by atoms with van der Waals surface area (Å²) in [6.45, 7) is 36.8. The summed E-state index contributed by atoms with van der Waals surface area (Å²) in [4.78, 5) is 17.9. The Morgan fingerprint density at radius 2 is 1.71 bits per heavy atom. The Balaban J connectivity index is 0.00000257. The lowest BCUT2D eigenvalue weighted by molar-refractivity contribution is -0.112. The molecule has 0 fully saturated rings. The molecule has 2 aromatic rings. The first-order valence-corrected chi connectivity index (χ1v) is 24.4. The van der Waals surface area contributed by atoms with Crippen LogP contribution in [0.15, 0.2) is 71.0 Å². The van der Waals surface area contributed by atoms with Crippen molar-refractivity contribution < 1.29 is 23.0 Å². The molecular weight excluding hydrogens is 809 g/mol. The van der Waals surface area contributed by atoms with E-state index >= 15 is 8.78 Å². The number of thiophene rings is 1.